The predicted octanol–water partition coefficient (Wildman–Crippen LogP) is 15.1. The van der Waals surface area contributed by atoms with Gasteiger partial charge in [-0.25, -0.2) is 0 Å². The van der Waals surface area contributed by atoms with E-state index in [1.165, 1.54) is 199 Å². The number of aliphatic hydroxyl groups is 3. The molecule has 0 spiro atoms. The minimum Gasteiger partial charge on any atom is -0.394 e. The molecule has 0 fully saturated rings. The topological polar surface area (TPSA) is 89.8 Å². The van der Waals surface area contributed by atoms with Gasteiger partial charge in [-0.05, 0) is 44.9 Å². The molecule has 0 aromatic carbocycles. The molecule has 0 aliphatic rings. The monoisotopic (exact) mass is 802 g/mol. The van der Waals surface area contributed by atoms with E-state index in [1.54, 1.807) is 6.08 Å². The van der Waals surface area contributed by atoms with Crippen LogP contribution in [0.25, 0.3) is 0 Å². The Balaban J connectivity index is 3.67. The van der Waals surface area contributed by atoms with Gasteiger partial charge in [0.15, 0.2) is 0 Å². The number of hydrogen-bond acceptors (Lipinski definition) is 4. The van der Waals surface area contributed by atoms with Gasteiger partial charge in [0.25, 0.3) is 0 Å². The average Bonchev–Trinajstić information content (AvgIpc) is 3.22. The molecule has 336 valence electrons. The Hall–Kier alpha value is -1.43. The molecule has 0 saturated carbocycles. The van der Waals surface area contributed by atoms with Crippen molar-refractivity contribution in [3.63, 3.8) is 0 Å². The lowest BCUT2D eigenvalue weighted by molar-refractivity contribution is -0.131. The molecule has 5 nitrogen and oxygen atoms in total. The van der Waals surface area contributed by atoms with Crippen LogP contribution in [0.1, 0.15) is 264 Å². The van der Waals surface area contributed by atoms with Crippen molar-refractivity contribution in [2.75, 3.05) is 6.61 Å². The SMILES string of the molecule is CCCCCCCCCCCCCCC/C=C/CC/C=C/CC/C=C/C(O)C(CO)NC(=O)C(O)CCCCCCCCCCCCCCCCCCCCCC. The summed E-state index contributed by atoms with van der Waals surface area (Å²) in [4.78, 5) is 12.5. The van der Waals surface area contributed by atoms with Crippen molar-refractivity contribution in [3.8, 4) is 0 Å². The Morgan fingerprint density at radius 1 is 0.421 bits per heavy atom. The van der Waals surface area contributed by atoms with E-state index in [2.05, 4.69) is 43.5 Å². The zero-order valence-corrected chi connectivity index (χ0v) is 38.2. The van der Waals surface area contributed by atoms with E-state index in [4.69, 9.17) is 0 Å². The second-order valence-electron chi connectivity index (χ2n) is 17.4. The fraction of sp³-hybridized carbons (Fsp3) is 0.865. The van der Waals surface area contributed by atoms with Crippen molar-refractivity contribution in [2.24, 2.45) is 0 Å². The van der Waals surface area contributed by atoms with Crippen LogP contribution in [0.15, 0.2) is 36.5 Å². The molecule has 0 rings (SSSR count). The van der Waals surface area contributed by atoms with E-state index in [9.17, 15) is 20.1 Å². The molecule has 3 atom stereocenters. The van der Waals surface area contributed by atoms with Crippen LogP contribution >= 0.6 is 0 Å². The van der Waals surface area contributed by atoms with Gasteiger partial charge in [-0.15, -0.1) is 0 Å². The molecule has 57 heavy (non-hydrogen) atoms. The number of carbonyl (C=O) groups is 1. The molecular weight excluding hydrogens is 703 g/mol. The minimum atomic E-state index is -1.11. The number of amides is 1. The maximum atomic E-state index is 12.5. The summed E-state index contributed by atoms with van der Waals surface area (Å²) < 4.78 is 0. The third-order valence-corrected chi connectivity index (χ3v) is 11.7. The number of aliphatic hydroxyl groups excluding tert-OH is 3. The molecule has 3 unspecified atom stereocenters. The fourth-order valence-electron chi connectivity index (χ4n) is 7.75. The summed E-state index contributed by atoms with van der Waals surface area (Å²) in [5.41, 5.74) is 0. The zero-order chi connectivity index (χ0) is 41.5. The summed E-state index contributed by atoms with van der Waals surface area (Å²) in [6.45, 7) is 4.19. The highest BCUT2D eigenvalue weighted by atomic mass is 16.3. The lowest BCUT2D eigenvalue weighted by Crippen LogP contribution is -2.48. The normalized spacial score (nSPS) is 13.7. The molecule has 0 bridgehead atoms. The maximum Gasteiger partial charge on any atom is 0.249 e. The van der Waals surface area contributed by atoms with E-state index in [-0.39, 0.29) is 6.61 Å². The lowest BCUT2D eigenvalue weighted by Gasteiger charge is -2.21. The predicted molar refractivity (Wildman–Crippen MR) is 250 cm³/mol. The smallest absolute Gasteiger partial charge is 0.249 e. The largest absolute Gasteiger partial charge is 0.394 e. The van der Waals surface area contributed by atoms with Crippen LogP contribution in [-0.2, 0) is 4.79 Å². The Morgan fingerprint density at radius 3 is 1.07 bits per heavy atom. The fourth-order valence-corrected chi connectivity index (χ4v) is 7.75. The Kier molecular flexibility index (Phi) is 46.1. The minimum absolute atomic E-state index is 0.379. The Morgan fingerprint density at radius 2 is 0.719 bits per heavy atom. The average molecular weight is 802 g/mol. The summed E-state index contributed by atoms with van der Waals surface area (Å²) in [7, 11) is 0. The number of hydrogen-bond donors (Lipinski definition) is 4. The molecule has 0 aliphatic heterocycles. The van der Waals surface area contributed by atoms with Crippen LogP contribution < -0.4 is 5.32 Å². The van der Waals surface area contributed by atoms with Crippen molar-refractivity contribution in [3.05, 3.63) is 36.5 Å². The molecule has 1 amide bonds. The molecule has 0 aromatic rings. The van der Waals surface area contributed by atoms with Gasteiger partial charge >= 0.3 is 0 Å². The molecule has 0 saturated heterocycles. The molecule has 5 heteroatoms. The van der Waals surface area contributed by atoms with Crippen LogP contribution in [-0.4, -0.2) is 46.1 Å². The highest BCUT2D eigenvalue weighted by Gasteiger charge is 2.22. The summed E-state index contributed by atoms with van der Waals surface area (Å²) in [5, 5.41) is 33.2. The van der Waals surface area contributed by atoms with Crippen LogP contribution in [0.2, 0.25) is 0 Å². The lowest BCUT2D eigenvalue weighted by atomic mass is 10.0. The van der Waals surface area contributed by atoms with Crippen molar-refractivity contribution in [1.82, 2.24) is 5.32 Å². The summed E-state index contributed by atoms with van der Waals surface area (Å²) in [5.74, 6) is -0.513. The molecule has 0 aliphatic carbocycles. The first kappa shape index (κ1) is 55.6. The third kappa shape index (κ3) is 42.5. The van der Waals surface area contributed by atoms with Gasteiger partial charge in [-0.2, -0.15) is 0 Å². The van der Waals surface area contributed by atoms with Crippen molar-refractivity contribution >= 4 is 5.91 Å². The molecule has 4 N–H and O–H groups in total. The van der Waals surface area contributed by atoms with E-state index in [0.29, 0.717) is 6.42 Å². The first-order chi connectivity index (χ1) is 28.1. The number of carbonyl (C=O) groups excluding carboxylic acids is 1. The molecule has 0 aromatic heterocycles. The van der Waals surface area contributed by atoms with Gasteiger partial charge in [0, 0.05) is 0 Å². The number of unbranched alkanes of at least 4 members (excludes halogenated alkanes) is 34. The van der Waals surface area contributed by atoms with Crippen molar-refractivity contribution in [1.29, 1.82) is 0 Å². The van der Waals surface area contributed by atoms with Crippen LogP contribution in [0.4, 0.5) is 0 Å². The van der Waals surface area contributed by atoms with Gasteiger partial charge in [-0.1, -0.05) is 256 Å². The van der Waals surface area contributed by atoms with Crippen LogP contribution in [0, 0.1) is 0 Å². The number of rotatable bonds is 46. The van der Waals surface area contributed by atoms with Crippen molar-refractivity contribution < 1.29 is 20.1 Å². The highest BCUT2D eigenvalue weighted by molar-refractivity contribution is 5.80. The second-order valence-corrected chi connectivity index (χ2v) is 17.4. The quantitative estimate of drug-likeness (QED) is 0.0365. The van der Waals surface area contributed by atoms with Gasteiger partial charge in [0.05, 0.1) is 18.8 Å². The summed E-state index contributed by atoms with van der Waals surface area (Å²) in [6.07, 6.45) is 60.6. The van der Waals surface area contributed by atoms with E-state index in [0.717, 1.165) is 44.9 Å². The van der Waals surface area contributed by atoms with Gasteiger partial charge in [0.1, 0.15) is 6.10 Å². The summed E-state index contributed by atoms with van der Waals surface area (Å²) in [6, 6.07) is -0.819. The van der Waals surface area contributed by atoms with Crippen LogP contribution in [0.3, 0.4) is 0 Å². The number of allylic oxidation sites excluding steroid dienone is 5. The first-order valence-corrected chi connectivity index (χ1v) is 25.3. The molecule has 0 heterocycles. The number of nitrogens with one attached hydrogen (secondary N) is 1. The third-order valence-electron chi connectivity index (χ3n) is 11.7. The van der Waals surface area contributed by atoms with E-state index < -0.39 is 24.2 Å². The second kappa shape index (κ2) is 47.3. The molecule has 0 radical (unpaired) electrons. The first-order valence-electron chi connectivity index (χ1n) is 25.3. The highest BCUT2D eigenvalue weighted by Crippen LogP contribution is 2.16. The maximum absolute atomic E-state index is 12.5. The van der Waals surface area contributed by atoms with Gasteiger partial charge in [-0.3, -0.25) is 4.79 Å². The Bertz CT molecular complexity index is 885. The van der Waals surface area contributed by atoms with E-state index >= 15 is 0 Å². The standard InChI is InChI=1S/C52H99NO4/c1-3-5-7-9-11-13-15-17-19-21-23-25-26-27-29-30-32-34-36-38-40-42-44-46-50(55)49(48-54)53-52(57)51(56)47-45-43-41-39-37-35-33-31-28-24-22-20-18-16-14-12-10-8-6-4-2/h29-30,36,38,44,46,49-51,54-56H,3-28,31-35,37,39-43,45,47-48H2,1-2H3,(H,53,57)/b30-29+,38-36+,46-44+. The molecular formula is C52H99NO4. The van der Waals surface area contributed by atoms with E-state index in [1.807, 2.05) is 6.08 Å². The van der Waals surface area contributed by atoms with Crippen molar-refractivity contribution in [2.45, 2.75) is 283 Å². The van der Waals surface area contributed by atoms with Crippen LogP contribution in [0.5, 0.6) is 0 Å². The van der Waals surface area contributed by atoms with Gasteiger partial charge in [0.2, 0.25) is 5.91 Å². The zero-order valence-electron chi connectivity index (χ0n) is 38.2. The van der Waals surface area contributed by atoms with Gasteiger partial charge < -0.3 is 20.6 Å². The Labute approximate surface area is 355 Å². The summed E-state index contributed by atoms with van der Waals surface area (Å²) >= 11 is 0.